The lowest BCUT2D eigenvalue weighted by Crippen LogP contribution is -2.28. The zero-order chi connectivity index (χ0) is 15.9. The van der Waals surface area contributed by atoms with E-state index in [1.165, 1.54) is 16.7 Å². The number of rotatable bonds is 1. The second kappa shape index (κ2) is 5.09. The Kier molecular flexibility index (Phi) is 4.35. The van der Waals surface area contributed by atoms with Crippen LogP contribution in [0.5, 0.6) is 5.75 Å². The van der Waals surface area contributed by atoms with Crippen LogP contribution in [0.1, 0.15) is 79.0 Å². The van der Waals surface area contributed by atoms with Crippen molar-refractivity contribution in [2.75, 3.05) is 0 Å². The molecule has 0 unspecified atom stereocenters. The molecule has 1 heteroatoms. The summed E-state index contributed by atoms with van der Waals surface area (Å²) in [5.41, 5.74) is 3.88. The molecule has 20 heavy (non-hydrogen) atoms. The zero-order valence-corrected chi connectivity index (χ0v) is 15.1. The predicted octanol–water partition coefficient (Wildman–Crippen LogP) is 5.77. The predicted molar refractivity (Wildman–Crippen MR) is 89.0 cm³/mol. The first-order chi connectivity index (χ1) is 8.72. The third-order valence-electron chi connectivity index (χ3n) is 3.26. The normalized spacial score (nSPS) is 13.5. The molecule has 0 aliphatic heterocycles. The highest BCUT2D eigenvalue weighted by atomic mass is 16.5. The molecule has 114 valence electrons. The first-order valence-electron chi connectivity index (χ1n) is 7.56. The molecule has 0 saturated carbocycles. The van der Waals surface area contributed by atoms with Crippen LogP contribution in [0, 0.1) is 6.92 Å². The van der Waals surface area contributed by atoms with Gasteiger partial charge < -0.3 is 4.74 Å². The Hall–Kier alpha value is -0.980. The summed E-state index contributed by atoms with van der Waals surface area (Å²) in [6.45, 7) is 22.0. The lowest BCUT2D eigenvalue weighted by atomic mass is 9.78. The van der Waals surface area contributed by atoms with Gasteiger partial charge in [-0.1, -0.05) is 59.2 Å². The van der Waals surface area contributed by atoms with Crippen molar-refractivity contribution in [3.05, 3.63) is 28.8 Å². The van der Waals surface area contributed by atoms with Crippen LogP contribution in [-0.2, 0) is 10.8 Å². The molecule has 0 atom stereocenters. The van der Waals surface area contributed by atoms with Gasteiger partial charge in [0, 0.05) is 11.1 Å². The largest absolute Gasteiger partial charge is 0.488 e. The number of ether oxygens (including phenoxy) is 1. The highest BCUT2D eigenvalue weighted by Crippen LogP contribution is 2.41. The van der Waals surface area contributed by atoms with Gasteiger partial charge in [0.25, 0.3) is 0 Å². The molecule has 0 aliphatic rings. The molecule has 1 rings (SSSR count). The van der Waals surface area contributed by atoms with Crippen LogP contribution in [0.25, 0.3) is 0 Å². The van der Waals surface area contributed by atoms with Crippen molar-refractivity contribution >= 4 is 0 Å². The van der Waals surface area contributed by atoms with Crippen LogP contribution in [0.4, 0.5) is 0 Å². The molecule has 0 bridgehead atoms. The second-order valence-electron chi connectivity index (χ2n) is 8.90. The van der Waals surface area contributed by atoms with Crippen molar-refractivity contribution in [1.82, 2.24) is 0 Å². The Morgan fingerprint density at radius 2 is 1.05 bits per heavy atom. The van der Waals surface area contributed by atoms with Crippen molar-refractivity contribution in [1.29, 1.82) is 0 Å². The van der Waals surface area contributed by atoms with Crippen molar-refractivity contribution in [2.24, 2.45) is 0 Å². The molecule has 0 radical (unpaired) electrons. The van der Waals surface area contributed by atoms with E-state index in [0.717, 1.165) is 5.75 Å². The molecule has 0 amide bonds. The van der Waals surface area contributed by atoms with E-state index in [9.17, 15) is 0 Å². The quantitative estimate of drug-likeness (QED) is 0.633. The highest BCUT2D eigenvalue weighted by molar-refractivity contribution is 5.50. The first kappa shape index (κ1) is 17.1. The Bertz CT molecular complexity index is 441. The van der Waals surface area contributed by atoms with Crippen LogP contribution < -0.4 is 4.74 Å². The fourth-order valence-corrected chi connectivity index (χ4v) is 2.30. The summed E-state index contributed by atoms with van der Waals surface area (Å²) in [4.78, 5) is 0. The van der Waals surface area contributed by atoms with E-state index in [2.05, 4.69) is 81.4 Å². The lowest BCUT2D eigenvalue weighted by Gasteiger charge is -2.34. The van der Waals surface area contributed by atoms with E-state index in [4.69, 9.17) is 4.74 Å². The SMILES string of the molecule is Cc1cc(C(C)(C)C)c(OC(C)(C)C)c(C(C)(C)C)c1. The third kappa shape index (κ3) is 4.26. The minimum atomic E-state index is -0.185. The molecule has 1 aromatic rings. The average molecular weight is 276 g/mol. The molecule has 0 aromatic heterocycles. The van der Waals surface area contributed by atoms with E-state index in [-0.39, 0.29) is 16.4 Å². The van der Waals surface area contributed by atoms with Crippen molar-refractivity contribution < 1.29 is 4.74 Å². The summed E-state index contributed by atoms with van der Waals surface area (Å²) in [6, 6.07) is 4.55. The minimum Gasteiger partial charge on any atom is -0.488 e. The van der Waals surface area contributed by atoms with E-state index < -0.39 is 0 Å². The number of hydrogen-bond donors (Lipinski definition) is 0. The average Bonchev–Trinajstić information content (AvgIpc) is 2.14. The molecule has 0 spiro atoms. The van der Waals surface area contributed by atoms with Gasteiger partial charge in [-0.3, -0.25) is 0 Å². The van der Waals surface area contributed by atoms with Crippen molar-refractivity contribution in [2.45, 2.75) is 85.7 Å². The first-order valence-corrected chi connectivity index (χ1v) is 7.56. The second-order valence-corrected chi connectivity index (χ2v) is 8.90. The lowest BCUT2D eigenvalue weighted by molar-refractivity contribution is 0.124. The molecular weight excluding hydrogens is 244 g/mol. The van der Waals surface area contributed by atoms with Crippen molar-refractivity contribution in [3.8, 4) is 5.75 Å². The van der Waals surface area contributed by atoms with Crippen LogP contribution in [0.2, 0.25) is 0 Å². The van der Waals surface area contributed by atoms with Gasteiger partial charge in [0.2, 0.25) is 0 Å². The maximum absolute atomic E-state index is 6.37. The van der Waals surface area contributed by atoms with Gasteiger partial charge in [-0.05, 0) is 38.5 Å². The fourth-order valence-electron chi connectivity index (χ4n) is 2.30. The van der Waals surface area contributed by atoms with Crippen LogP contribution in [0.3, 0.4) is 0 Å². The monoisotopic (exact) mass is 276 g/mol. The van der Waals surface area contributed by atoms with Crippen LogP contribution in [-0.4, -0.2) is 5.60 Å². The van der Waals surface area contributed by atoms with Gasteiger partial charge in [0.15, 0.2) is 0 Å². The Morgan fingerprint density at radius 3 is 1.30 bits per heavy atom. The zero-order valence-electron chi connectivity index (χ0n) is 15.1. The standard InChI is InChI=1S/C19H32O/c1-13-11-14(17(2,3)4)16(20-19(8,9)10)15(12-13)18(5,6)7/h11-12H,1-10H3. The van der Waals surface area contributed by atoms with E-state index in [1.54, 1.807) is 0 Å². The van der Waals surface area contributed by atoms with Gasteiger partial charge in [0.1, 0.15) is 11.4 Å². The summed E-state index contributed by atoms with van der Waals surface area (Å²) < 4.78 is 6.37. The van der Waals surface area contributed by atoms with E-state index in [0.29, 0.717) is 0 Å². The number of aryl methyl sites for hydroxylation is 1. The third-order valence-corrected chi connectivity index (χ3v) is 3.26. The number of benzene rings is 1. The smallest absolute Gasteiger partial charge is 0.127 e. The Balaban J connectivity index is 3.63. The van der Waals surface area contributed by atoms with Crippen LogP contribution >= 0.6 is 0 Å². The maximum atomic E-state index is 6.37. The molecule has 1 aromatic carbocycles. The molecule has 0 aliphatic carbocycles. The van der Waals surface area contributed by atoms with Gasteiger partial charge >= 0.3 is 0 Å². The molecular formula is C19H32O. The summed E-state index contributed by atoms with van der Waals surface area (Å²) >= 11 is 0. The Labute approximate surface area is 125 Å². The summed E-state index contributed by atoms with van der Waals surface area (Å²) in [5.74, 6) is 1.07. The van der Waals surface area contributed by atoms with Crippen LogP contribution in [0.15, 0.2) is 12.1 Å². The van der Waals surface area contributed by atoms with E-state index >= 15 is 0 Å². The Morgan fingerprint density at radius 1 is 0.700 bits per heavy atom. The minimum absolute atomic E-state index is 0.0760. The summed E-state index contributed by atoms with van der Waals surface area (Å²) in [5, 5.41) is 0. The van der Waals surface area contributed by atoms with Gasteiger partial charge in [-0.25, -0.2) is 0 Å². The fraction of sp³-hybridized carbons (Fsp3) is 0.684. The summed E-state index contributed by atoms with van der Waals surface area (Å²) in [7, 11) is 0. The summed E-state index contributed by atoms with van der Waals surface area (Å²) in [6.07, 6.45) is 0. The molecule has 1 nitrogen and oxygen atoms in total. The molecule has 0 saturated heterocycles. The van der Waals surface area contributed by atoms with Gasteiger partial charge in [-0.2, -0.15) is 0 Å². The maximum Gasteiger partial charge on any atom is 0.127 e. The van der Waals surface area contributed by atoms with Crippen molar-refractivity contribution in [3.63, 3.8) is 0 Å². The number of hydrogen-bond acceptors (Lipinski definition) is 1. The molecule has 0 N–H and O–H groups in total. The molecule has 0 heterocycles. The van der Waals surface area contributed by atoms with Gasteiger partial charge in [-0.15, -0.1) is 0 Å². The highest BCUT2D eigenvalue weighted by Gasteiger charge is 2.29. The van der Waals surface area contributed by atoms with Gasteiger partial charge in [0.05, 0.1) is 0 Å². The van der Waals surface area contributed by atoms with E-state index in [1.807, 2.05) is 0 Å². The topological polar surface area (TPSA) is 9.23 Å². The molecule has 0 fully saturated rings.